The summed E-state index contributed by atoms with van der Waals surface area (Å²) in [5, 5.41) is 8.88. The maximum absolute atomic E-state index is 11.5. The van der Waals surface area contributed by atoms with Gasteiger partial charge in [0.1, 0.15) is 0 Å². The van der Waals surface area contributed by atoms with E-state index in [1.807, 2.05) is 6.92 Å². The first-order valence-corrected chi connectivity index (χ1v) is 11.1. The average Bonchev–Trinajstić information content (AvgIpc) is 2.50. The van der Waals surface area contributed by atoms with Crippen LogP contribution >= 0.6 is 0 Å². The fraction of sp³-hybridized carbons (Fsp3) is 1.00. The Balaban J connectivity index is 3.81. The quantitative estimate of drug-likeness (QED) is 0.300. The lowest BCUT2D eigenvalue weighted by atomic mass is 10.0. The zero-order chi connectivity index (χ0) is 17.6. The lowest BCUT2D eigenvalue weighted by molar-refractivity contribution is 0.156. The fourth-order valence-electron chi connectivity index (χ4n) is 2.90. The number of hydrogen-bond acceptors (Lipinski definition) is 3. The first-order chi connectivity index (χ1) is 10.9. The van der Waals surface area contributed by atoms with Gasteiger partial charge in [-0.25, -0.2) is 0 Å². The van der Waals surface area contributed by atoms with Gasteiger partial charge in [0, 0.05) is 0 Å². The molecule has 2 unspecified atom stereocenters. The first kappa shape index (κ1) is 22.9. The molecule has 0 aliphatic heterocycles. The van der Waals surface area contributed by atoms with Crippen molar-refractivity contribution in [3.05, 3.63) is 0 Å². The zero-order valence-corrected chi connectivity index (χ0v) is 16.0. The van der Waals surface area contributed by atoms with Crippen LogP contribution in [0.5, 0.6) is 0 Å². The minimum atomic E-state index is -3.91. The van der Waals surface area contributed by atoms with Gasteiger partial charge in [0.25, 0.3) is 10.1 Å². The Bertz CT molecular complexity index is 354. The minimum absolute atomic E-state index is 0.201. The second kappa shape index (κ2) is 14.2. The van der Waals surface area contributed by atoms with E-state index in [4.69, 9.17) is 0 Å². The number of aliphatic hydroxyl groups is 1. The molecule has 0 aliphatic carbocycles. The molecule has 0 heterocycles. The lowest BCUT2D eigenvalue weighted by Gasteiger charge is -2.14. The second-order valence-electron chi connectivity index (χ2n) is 6.75. The molecule has 0 aromatic rings. The van der Waals surface area contributed by atoms with E-state index in [2.05, 4.69) is 6.92 Å². The topological polar surface area (TPSA) is 74.6 Å². The Morgan fingerprint density at radius 1 is 0.739 bits per heavy atom. The van der Waals surface area contributed by atoms with Crippen molar-refractivity contribution in [2.24, 2.45) is 0 Å². The van der Waals surface area contributed by atoms with E-state index in [0.29, 0.717) is 12.8 Å². The molecule has 4 nitrogen and oxygen atoms in total. The van der Waals surface area contributed by atoms with Crippen LogP contribution in [0.15, 0.2) is 0 Å². The van der Waals surface area contributed by atoms with E-state index in [-0.39, 0.29) is 6.10 Å². The molecule has 0 spiro atoms. The van der Waals surface area contributed by atoms with Crippen LogP contribution in [0.3, 0.4) is 0 Å². The summed E-state index contributed by atoms with van der Waals surface area (Å²) in [6.45, 7) is 4.15. The number of aliphatic hydroxyl groups excluding tert-OH is 1. The number of rotatable bonds is 16. The minimum Gasteiger partial charge on any atom is -0.393 e. The van der Waals surface area contributed by atoms with Gasteiger partial charge in [0.2, 0.25) is 0 Å². The van der Waals surface area contributed by atoms with Crippen molar-refractivity contribution < 1.29 is 18.1 Å². The molecule has 0 saturated carbocycles. The highest BCUT2D eigenvalue weighted by atomic mass is 32.2. The van der Waals surface area contributed by atoms with Gasteiger partial charge in [0.05, 0.1) is 11.4 Å². The SMILES string of the molecule is CCCCCCCCC(CCCCCCC(O)CC)S(=O)(=O)O. The van der Waals surface area contributed by atoms with Gasteiger partial charge in [0.15, 0.2) is 0 Å². The summed E-state index contributed by atoms with van der Waals surface area (Å²) in [6.07, 6.45) is 13.2. The van der Waals surface area contributed by atoms with Gasteiger partial charge in [-0.05, 0) is 25.7 Å². The van der Waals surface area contributed by atoms with Gasteiger partial charge in [-0.2, -0.15) is 8.42 Å². The Morgan fingerprint density at radius 2 is 1.17 bits per heavy atom. The van der Waals surface area contributed by atoms with Crippen LogP contribution in [0, 0.1) is 0 Å². The van der Waals surface area contributed by atoms with E-state index >= 15 is 0 Å². The van der Waals surface area contributed by atoms with Crippen LogP contribution in [0.4, 0.5) is 0 Å². The van der Waals surface area contributed by atoms with Crippen LogP contribution in [0.2, 0.25) is 0 Å². The lowest BCUT2D eigenvalue weighted by Crippen LogP contribution is -2.20. The van der Waals surface area contributed by atoms with Crippen LogP contribution in [-0.4, -0.2) is 29.4 Å². The molecule has 140 valence electrons. The normalized spacial score (nSPS) is 14.8. The molecule has 0 amide bonds. The van der Waals surface area contributed by atoms with Gasteiger partial charge < -0.3 is 5.11 Å². The van der Waals surface area contributed by atoms with Crippen molar-refractivity contribution in [1.82, 2.24) is 0 Å². The highest BCUT2D eigenvalue weighted by Gasteiger charge is 2.21. The molecule has 0 fully saturated rings. The molecule has 5 heteroatoms. The summed E-state index contributed by atoms with van der Waals surface area (Å²) in [5.74, 6) is 0. The van der Waals surface area contributed by atoms with E-state index < -0.39 is 15.4 Å². The molecule has 0 bridgehead atoms. The van der Waals surface area contributed by atoms with Crippen molar-refractivity contribution in [1.29, 1.82) is 0 Å². The maximum atomic E-state index is 11.5. The smallest absolute Gasteiger partial charge is 0.267 e. The predicted octanol–water partition coefficient (Wildman–Crippen LogP) is 5.10. The van der Waals surface area contributed by atoms with Crippen molar-refractivity contribution in [2.75, 3.05) is 0 Å². The van der Waals surface area contributed by atoms with Gasteiger partial charge in [-0.1, -0.05) is 78.1 Å². The molecule has 23 heavy (non-hydrogen) atoms. The molecule has 0 radical (unpaired) electrons. The number of hydrogen-bond donors (Lipinski definition) is 2. The monoisotopic (exact) mass is 350 g/mol. The van der Waals surface area contributed by atoms with E-state index in [0.717, 1.165) is 57.8 Å². The number of unbranched alkanes of at least 4 members (excludes halogenated alkanes) is 8. The average molecular weight is 351 g/mol. The van der Waals surface area contributed by atoms with Gasteiger partial charge in [-0.15, -0.1) is 0 Å². The molecule has 2 atom stereocenters. The van der Waals surface area contributed by atoms with Crippen molar-refractivity contribution >= 4 is 10.1 Å². The van der Waals surface area contributed by atoms with E-state index in [1.54, 1.807) is 0 Å². The van der Waals surface area contributed by atoms with E-state index in [1.165, 1.54) is 19.3 Å². The molecular weight excluding hydrogens is 312 g/mol. The fourth-order valence-corrected chi connectivity index (χ4v) is 3.83. The summed E-state index contributed by atoms with van der Waals surface area (Å²) >= 11 is 0. The van der Waals surface area contributed by atoms with Crippen molar-refractivity contribution in [3.8, 4) is 0 Å². The standard InChI is InChI=1S/C18H38O4S/c1-3-5-6-7-8-12-15-18(23(20,21)22)16-13-10-9-11-14-17(19)4-2/h17-19H,3-16H2,1-2H3,(H,20,21,22). The third-order valence-electron chi connectivity index (χ3n) is 4.59. The largest absolute Gasteiger partial charge is 0.393 e. The Hall–Kier alpha value is -0.130. The molecule has 0 rings (SSSR count). The highest BCUT2D eigenvalue weighted by molar-refractivity contribution is 7.86. The van der Waals surface area contributed by atoms with Crippen LogP contribution in [0.1, 0.15) is 104 Å². The summed E-state index contributed by atoms with van der Waals surface area (Å²) in [4.78, 5) is 0. The summed E-state index contributed by atoms with van der Waals surface area (Å²) < 4.78 is 32.3. The predicted molar refractivity (Wildman–Crippen MR) is 97.3 cm³/mol. The van der Waals surface area contributed by atoms with Crippen molar-refractivity contribution in [3.63, 3.8) is 0 Å². The van der Waals surface area contributed by atoms with Crippen LogP contribution in [0.25, 0.3) is 0 Å². The maximum Gasteiger partial charge on any atom is 0.267 e. The summed E-state index contributed by atoms with van der Waals surface area (Å²) in [5.41, 5.74) is 0. The first-order valence-electron chi connectivity index (χ1n) is 9.56. The molecule has 2 N–H and O–H groups in total. The van der Waals surface area contributed by atoms with Crippen LogP contribution < -0.4 is 0 Å². The highest BCUT2D eigenvalue weighted by Crippen LogP contribution is 2.19. The Morgan fingerprint density at radius 3 is 1.61 bits per heavy atom. The zero-order valence-electron chi connectivity index (χ0n) is 15.2. The molecule has 0 aromatic heterocycles. The molecule has 0 saturated heterocycles. The van der Waals surface area contributed by atoms with Gasteiger partial charge >= 0.3 is 0 Å². The van der Waals surface area contributed by atoms with Crippen molar-refractivity contribution in [2.45, 2.75) is 115 Å². The molecular formula is C18H38O4S. The summed E-state index contributed by atoms with van der Waals surface area (Å²) in [7, 11) is -3.91. The third-order valence-corrected chi connectivity index (χ3v) is 5.90. The third kappa shape index (κ3) is 14.0. The van der Waals surface area contributed by atoms with E-state index in [9.17, 15) is 18.1 Å². The van der Waals surface area contributed by atoms with Crippen LogP contribution in [-0.2, 0) is 10.1 Å². The summed E-state index contributed by atoms with van der Waals surface area (Å²) in [6, 6.07) is 0. The second-order valence-corrected chi connectivity index (χ2v) is 8.44. The molecule has 0 aromatic carbocycles. The Kier molecular flexibility index (Phi) is 14.2. The van der Waals surface area contributed by atoms with Gasteiger partial charge in [-0.3, -0.25) is 4.55 Å². The molecule has 0 aliphatic rings. The Labute approximate surface area is 143 Å².